The molecule has 3 amide bonds. The molecule has 0 aromatic rings. The summed E-state index contributed by atoms with van der Waals surface area (Å²) in [6.07, 6.45) is 0. The highest BCUT2D eigenvalue weighted by atomic mass is 16.3. The molecule has 18 heavy (non-hydrogen) atoms. The molecular weight excluding hydrogens is 238 g/mol. The number of aliphatic hydroxyl groups is 1. The van der Waals surface area contributed by atoms with Crippen molar-refractivity contribution in [3.63, 3.8) is 0 Å². The molecule has 0 radical (unpaired) electrons. The molecule has 0 aromatic heterocycles. The minimum absolute atomic E-state index is 0.0224. The molecule has 0 atom stereocenters. The largest absolute Gasteiger partial charge is 0.395 e. The van der Waals surface area contributed by atoms with Crippen LogP contribution in [0.15, 0.2) is 0 Å². The van der Waals surface area contributed by atoms with Crippen LogP contribution in [-0.4, -0.2) is 83.9 Å². The number of carbonyl (C=O) groups excluding carboxylic acids is 3. The van der Waals surface area contributed by atoms with E-state index in [1.165, 1.54) is 23.8 Å². The first-order chi connectivity index (χ1) is 8.47. The molecule has 7 nitrogen and oxygen atoms in total. The van der Waals surface area contributed by atoms with Gasteiger partial charge in [-0.3, -0.25) is 14.4 Å². The fourth-order valence-corrected chi connectivity index (χ4v) is 1.77. The number of aliphatic hydroxyl groups excluding tert-OH is 1. The summed E-state index contributed by atoms with van der Waals surface area (Å²) in [5.41, 5.74) is 0. The van der Waals surface area contributed by atoms with E-state index in [0.717, 1.165) is 0 Å². The summed E-state index contributed by atoms with van der Waals surface area (Å²) in [5.74, 6) is -1.22. The highest BCUT2D eigenvalue weighted by Crippen LogP contribution is 2.03. The van der Waals surface area contributed by atoms with E-state index < -0.39 is 11.8 Å². The first-order valence-corrected chi connectivity index (χ1v) is 5.88. The summed E-state index contributed by atoms with van der Waals surface area (Å²) in [4.78, 5) is 38.9. The van der Waals surface area contributed by atoms with Crippen LogP contribution in [0.1, 0.15) is 6.92 Å². The van der Waals surface area contributed by atoms with Crippen molar-refractivity contribution in [2.75, 3.05) is 46.4 Å². The lowest BCUT2D eigenvalue weighted by molar-refractivity contribution is -0.153. The van der Waals surface area contributed by atoms with Crippen LogP contribution in [0, 0.1) is 0 Å². The maximum Gasteiger partial charge on any atom is 0.312 e. The molecule has 102 valence electrons. The fraction of sp³-hybridized carbons (Fsp3) is 0.727. The molecule has 0 bridgehead atoms. The van der Waals surface area contributed by atoms with Crippen LogP contribution < -0.4 is 0 Å². The van der Waals surface area contributed by atoms with Gasteiger partial charge in [0.05, 0.1) is 6.61 Å². The molecule has 1 N–H and O–H groups in total. The highest BCUT2D eigenvalue weighted by Gasteiger charge is 2.28. The first-order valence-electron chi connectivity index (χ1n) is 5.88. The van der Waals surface area contributed by atoms with Crippen LogP contribution in [0.2, 0.25) is 0 Å². The Bertz CT molecular complexity index is 337. The van der Waals surface area contributed by atoms with Gasteiger partial charge in [-0.2, -0.15) is 0 Å². The number of hydrogen-bond acceptors (Lipinski definition) is 4. The number of likely N-dealkylation sites (N-methyl/N-ethyl adjacent to an activating group) is 1. The zero-order valence-corrected chi connectivity index (χ0v) is 10.8. The Kier molecular flexibility index (Phi) is 5.08. The average Bonchev–Trinajstić information content (AvgIpc) is 2.37. The Balaban J connectivity index is 2.49. The van der Waals surface area contributed by atoms with Gasteiger partial charge < -0.3 is 19.8 Å². The van der Waals surface area contributed by atoms with Gasteiger partial charge in [-0.25, -0.2) is 0 Å². The summed E-state index contributed by atoms with van der Waals surface area (Å²) in [6.45, 7) is 3.10. The summed E-state index contributed by atoms with van der Waals surface area (Å²) in [7, 11) is 1.47. The molecule has 0 saturated carbocycles. The molecule has 1 aliphatic heterocycles. The van der Waals surface area contributed by atoms with Crippen molar-refractivity contribution >= 4 is 17.7 Å². The second kappa shape index (κ2) is 6.34. The minimum Gasteiger partial charge on any atom is -0.395 e. The van der Waals surface area contributed by atoms with Crippen molar-refractivity contribution in [1.82, 2.24) is 14.7 Å². The Morgan fingerprint density at radius 1 is 1.11 bits per heavy atom. The lowest BCUT2D eigenvalue weighted by atomic mass is 10.3. The first kappa shape index (κ1) is 14.4. The van der Waals surface area contributed by atoms with Crippen LogP contribution in [-0.2, 0) is 14.4 Å². The van der Waals surface area contributed by atoms with Crippen molar-refractivity contribution in [3.8, 4) is 0 Å². The molecule has 1 aliphatic rings. The number of rotatable bonds is 2. The van der Waals surface area contributed by atoms with Gasteiger partial charge in [0.1, 0.15) is 0 Å². The number of nitrogens with zero attached hydrogens (tertiary/aromatic N) is 3. The molecule has 1 rings (SSSR count). The van der Waals surface area contributed by atoms with E-state index in [-0.39, 0.29) is 19.1 Å². The van der Waals surface area contributed by atoms with Crippen molar-refractivity contribution < 1.29 is 19.5 Å². The molecule has 0 aromatic carbocycles. The van der Waals surface area contributed by atoms with Gasteiger partial charge in [0, 0.05) is 46.7 Å². The van der Waals surface area contributed by atoms with Crippen molar-refractivity contribution in [2.24, 2.45) is 0 Å². The van der Waals surface area contributed by atoms with E-state index >= 15 is 0 Å². The van der Waals surface area contributed by atoms with Gasteiger partial charge in [0.15, 0.2) is 0 Å². The molecule has 1 heterocycles. The molecule has 0 spiro atoms. The van der Waals surface area contributed by atoms with Gasteiger partial charge in [0.25, 0.3) is 0 Å². The van der Waals surface area contributed by atoms with Crippen molar-refractivity contribution in [2.45, 2.75) is 6.92 Å². The SMILES string of the molecule is CC(=O)N1CCN(C(=O)C(=O)N(C)CCO)CC1. The third-order valence-corrected chi connectivity index (χ3v) is 2.98. The second-order valence-corrected chi connectivity index (χ2v) is 4.25. The number of piperazine rings is 1. The van der Waals surface area contributed by atoms with Gasteiger partial charge in [-0.15, -0.1) is 0 Å². The molecular formula is C11H19N3O4. The van der Waals surface area contributed by atoms with Gasteiger partial charge in [-0.05, 0) is 0 Å². The molecule has 1 saturated heterocycles. The zero-order valence-electron chi connectivity index (χ0n) is 10.8. The van der Waals surface area contributed by atoms with Gasteiger partial charge >= 0.3 is 11.8 Å². The Morgan fingerprint density at radius 2 is 1.61 bits per heavy atom. The number of hydrogen-bond donors (Lipinski definition) is 1. The van der Waals surface area contributed by atoms with Crippen LogP contribution in [0.4, 0.5) is 0 Å². The molecule has 0 aliphatic carbocycles. The summed E-state index contributed by atoms with van der Waals surface area (Å²) >= 11 is 0. The average molecular weight is 257 g/mol. The minimum atomic E-state index is -0.625. The third kappa shape index (κ3) is 3.43. The van der Waals surface area contributed by atoms with E-state index in [1.807, 2.05) is 0 Å². The Hall–Kier alpha value is -1.63. The van der Waals surface area contributed by atoms with E-state index in [9.17, 15) is 14.4 Å². The zero-order chi connectivity index (χ0) is 13.7. The monoisotopic (exact) mass is 257 g/mol. The summed E-state index contributed by atoms with van der Waals surface area (Å²) in [5, 5.41) is 8.71. The van der Waals surface area contributed by atoms with E-state index in [1.54, 1.807) is 4.90 Å². The van der Waals surface area contributed by atoms with Crippen molar-refractivity contribution in [3.05, 3.63) is 0 Å². The molecule has 0 unspecified atom stereocenters. The second-order valence-electron chi connectivity index (χ2n) is 4.25. The quantitative estimate of drug-likeness (QED) is 0.588. The van der Waals surface area contributed by atoms with Gasteiger partial charge in [0.2, 0.25) is 5.91 Å². The highest BCUT2D eigenvalue weighted by molar-refractivity contribution is 6.34. The van der Waals surface area contributed by atoms with Gasteiger partial charge in [-0.1, -0.05) is 0 Å². The summed E-state index contributed by atoms with van der Waals surface area (Å²) in [6, 6.07) is 0. The normalized spacial score (nSPS) is 15.5. The lowest BCUT2D eigenvalue weighted by Crippen LogP contribution is -2.53. The van der Waals surface area contributed by atoms with E-state index in [0.29, 0.717) is 26.2 Å². The van der Waals surface area contributed by atoms with E-state index in [4.69, 9.17) is 5.11 Å². The van der Waals surface area contributed by atoms with Crippen LogP contribution in [0.25, 0.3) is 0 Å². The Morgan fingerprint density at radius 3 is 2.06 bits per heavy atom. The Labute approximate surface area is 106 Å². The van der Waals surface area contributed by atoms with E-state index in [2.05, 4.69) is 0 Å². The maximum atomic E-state index is 11.8. The van der Waals surface area contributed by atoms with Crippen LogP contribution in [0.5, 0.6) is 0 Å². The topological polar surface area (TPSA) is 81.2 Å². The smallest absolute Gasteiger partial charge is 0.312 e. The summed E-state index contributed by atoms with van der Waals surface area (Å²) < 4.78 is 0. The predicted octanol–water partition coefficient (Wildman–Crippen LogP) is -1.87. The lowest BCUT2D eigenvalue weighted by Gasteiger charge is -2.34. The van der Waals surface area contributed by atoms with Crippen LogP contribution >= 0.6 is 0 Å². The van der Waals surface area contributed by atoms with Crippen LogP contribution in [0.3, 0.4) is 0 Å². The number of amides is 3. The molecule has 7 heteroatoms. The third-order valence-electron chi connectivity index (χ3n) is 2.98. The maximum absolute atomic E-state index is 11.8. The molecule has 1 fully saturated rings. The standard InChI is InChI=1S/C11H19N3O4/c1-9(16)13-3-5-14(6-4-13)11(18)10(17)12(2)7-8-15/h15H,3-8H2,1-2H3. The number of carbonyl (C=O) groups is 3. The van der Waals surface area contributed by atoms with Crippen molar-refractivity contribution in [1.29, 1.82) is 0 Å². The predicted molar refractivity (Wildman–Crippen MR) is 63.6 cm³/mol. The fourth-order valence-electron chi connectivity index (χ4n) is 1.77.